The third-order valence-corrected chi connectivity index (χ3v) is 3.62. The van der Waals surface area contributed by atoms with Gasteiger partial charge in [-0.3, -0.25) is 4.40 Å². The third-order valence-electron chi connectivity index (χ3n) is 1.46. The van der Waals surface area contributed by atoms with Crippen molar-refractivity contribution in [2.75, 3.05) is 0 Å². The molecule has 0 fully saturated rings. The molecule has 11 heavy (non-hydrogen) atoms. The van der Waals surface area contributed by atoms with E-state index in [4.69, 9.17) is 5.11 Å². The number of aliphatic hydroxyl groups excluding tert-OH is 1. The highest BCUT2D eigenvalue weighted by Crippen LogP contribution is 2.20. The van der Waals surface area contributed by atoms with E-state index in [9.17, 15) is 0 Å². The number of aromatic nitrogens is 2. The van der Waals surface area contributed by atoms with Gasteiger partial charge in [-0.25, -0.2) is 4.98 Å². The number of imidazole rings is 1. The maximum absolute atomic E-state index is 8.89. The molecule has 0 amide bonds. The summed E-state index contributed by atoms with van der Waals surface area (Å²) in [6.45, 7) is 0.0758. The summed E-state index contributed by atoms with van der Waals surface area (Å²) in [5.41, 5.74) is 0.903. The lowest BCUT2D eigenvalue weighted by atomic mass is 10.5. The van der Waals surface area contributed by atoms with Crippen LogP contribution in [0.15, 0.2) is 11.7 Å². The summed E-state index contributed by atoms with van der Waals surface area (Å²) < 4.78 is 2.90. The third kappa shape index (κ3) is 1.07. The highest BCUT2D eigenvalue weighted by Gasteiger charge is 2.05. The number of halogens is 1. The number of aliphatic hydroxyl groups is 1. The standard InChI is InChI=1S/C6H5IN2OS/c7-5-6-9(3-8-5)4(1-10)2-11-6/h2-3,10H,1H2. The first-order valence-electron chi connectivity index (χ1n) is 3.02. The van der Waals surface area contributed by atoms with Crippen LogP contribution in [0.5, 0.6) is 0 Å². The molecule has 58 valence electrons. The zero-order valence-electron chi connectivity index (χ0n) is 5.49. The lowest BCUT2D eigenvalue weighted by Gasteiger charge is -1.88. The normalized spacial score (nSPS) is 11.1. The summed E-state index contributed by atoms with van der Waals surface area (Å²) >= 11 is 3.78. The highest BCUT2D eigenvalue weighted by atomic mass is 127. The molecule has 1 N–H and O–H groups in total. The Morgan fingerprint density at radius 2 is 2.55 bits per heavy atom. The molecule has 0 aliphatic rings. The summed E-state index contributed by atoms with van der Waals surface area (Å²) in [7, 11) is 0. The van der Waals surface area contributed by atoms with Crippen molar-refractivity contribution in [3.8, 4) is 0 Å². The van der Waals surface area contributed by atoms with Crippen LogP contribution in [-0.2, 0) is 6.61 Å². The van der Waals surface area contributed by atoms with Crippen LogP contribution < -0.4 is 0 Å². The van der Waals surface area contributed by atoms with Gasteiger partial charge in [-0.05, 0) is 22.6 Å². The molecule has 0 radical (unpaired) electrons. The summed E-state index contributed by atoms with van der Waals surface area (Å²) in [4.78, 5) is 5.22. The molecular formula is C6H5IN2OS. The molecule has 0 aliphatic heterocycles. The monoisotopic (exact) mass is 280 g/mol. The van der Waals surface area contributed by atoms with E-state index >= 15 is 0 Å². The van der Waals surface area contributed by atoms with E-state index in [0.717, 1.165) is 14.2 Å². The average molecular weight is 280 g/mol. The molecule has 2 heterocycles. The Balaban J connectivity index is 2.77. The second-order valence-corrected chi connectivity index (χ2v) is 3.98. The summed E-state index contributed by atoms with van der Waals surface area (Å²) in [5, 5.41) is 10.8. The minimum atomic E-state index is 0.0758. The van der Waals surface area contributed by atoms with Gasteiger partial charge in [0.2, 0.25) is 0 Å². The first-order chi connectivity index (χ1) is 5.33. The number of thiazole rings is 1. The fourth-order valence-electron chi connectivity index (χ4n) is 0.920. The maximum atomic E-state index is 8.89. The smallest absolute Gasteiger partial charge is 0.137 e. The van der Waals surface area contributed by atoms with Crippen LogP contribution in [0.1, 0.15) is 5.69 Å². The molecular weight excluding hydrogens is 275 g/mol. The van der Waals surface area contributed by atoms with Crippen molar-refractivity contribution in [2.45, 2.75) is 6.61 Å². The molecule has 2 rings (SSSR count). The van der Waals surface area contributed by atoms with E-state index in [1.165, 1.54) is 0 Å². The lowest BCUT2D eigenvalue weighted by molar-refractivity contribution is 0.276. The number of hydrogen-bond donors (Lipinski definition) is 1. The first-order valence-corrected chi connectivity index (χ1v) is 4.98. The van der Waals surface area contributed by atoms with E-state index in [-0.39, 0.29) is 6.61 Å². The van der Waals surface area contributed by atoms with Crippen molar-refractivity contribution in [1.29, 1.82) is 0 Å². The number of hydrogen-bond acceptors (Lipinski definition) is 3. The Hall–Kier alpha value is -0.140. The van der Waals surface area contributed by atoms with Crippen molar-refractivity contribution in [3.05, 3.63) is 21.1 Å². The Labute approximate surface area is 80.8 Å². The van der Waals surface area contributed by atoms with E-state index in [1.54, 1.807) is 17.7 Å². The van der Waals surface area contributed by atoms with E-state index in [2.05, 4.69) is 27.6 Å². The molecule has 0 atom stereocenters. The molecule has 2 aromatic heterocycles. The van der Waals surface area contributed by atoms with E-state index < -0.39 is 0 Å². The quantitative estimate of drug-likeness (QED) is 0.804. The van der Waals surface area contributed by atoms with Gasteiger partial charge in [0, 0.05) is 5.38 Å². The van der Waals surface area contributed by atoms with Crippen LogP contribution in [0.25, 0.3) is 4.83 Å². The average Bonchev–Trinajstić information content (AvgIpc) is 2.53. The Morgan fingerprint density at radius 1 is 1.73 bits per heavy atom. The summed E-state index contributed by atoms with van der Waals surface area (Å²) in [6.07, 6.45) is 1.74. The van der Waals surface area contributed by atoms with Gasteiger partial charge in [0.1, 0.15) is 14.9 Å². The molecule has 0 aromatic carbocycles. The molecule has 0 unspecified atom stereocenters. The maximum Gasteiger partial charge on any atom is 0.137 e. The van der Waals surface area contributed by atoms with Crippen molar-refractivity contribution in [1.82, 2.24) is 9.38 Å². The fourth-order valence-corrected chi connectivity index (χ4v) is 2.55. The Bertz CT molecular complexity index is 381. The van der Waals surface area contributed by atoms with Gasteiger partial charge >= 0.3 is 0 Å². The van der Waals surface area contributed by atoms with Crippen LogP contribution in [0.2, 0.25) is 0 Å². The van der Waals surface area contributed by atoms with Gasteiger partial charge in [0.25, 0.3) is 0 Å². The molecule has 0 saturated heterocycles. The van der Waals surface area contributed by atoms with Crippen LogP contribution in [0, 0.1) is 3.70 Å². The fraction of sp³-hybridized carbons (Fsp3) is 0.167. The molecule has 0 aliphatic carbocycles. The minimum Gasteiger partial charge on any atom is -0.390 e. The van der Waals surface area contributed by atoms with Crippen molar-refractivity contribution >= 4 is 38.8 Å². The van der Waals surface area contributed by atoms with Gasteiger partial charge in [0.15, 0.2) is 0 Å². The van der Waals surface area contributed by atoms with E-state index in [0.29, 0.717) is 0 Å². The predicted molar refractivity (Wildman–Crippen MR) is 51.7 cm³/mol. The highest BCUT2D eigenvalue weighted by molar-refractivity contribution is 14.1. The van der Waals surface area contributed by atoms with Gasteiger partial charge in [-0.1, -0.05) is 0 Å². The second-order valence-electron chi connectivity index (χ2n) is 2.10. The summed E-state index contributed by atoms with van der Waals surface area (Å²) in [5.74, 6) is 0. The topological polar surface area (TPSA) is 37.5 Å². The Kier molecular flexibility index (Phi) is 1.86. The first kappa shape index (κ1) is 7.51. The molecule has 5 heteroatoms. The van der Waals surface area contributed by atoms with Gasteiger partial charge in [-0.2, -0.15) is 0 Å². The molecule has 0 bridgehead atoms. The van der Waals surface area contributed by atoms with E-state index in [1.807, 2.05) is 9.78 Å². The SMILES string of the molecule is OCc1csc2c(I)ncn12. The predicted octanol–water partition coefficient (Wildman–Crippen LogP) is 1.49. The number of nitrogens with zero attached hydrogens (tertiary/aromatic N) is 2. The van der Waals surface area contributed by atoms with Crippen LogP contribution >= 0.6 is 33.9 Å². The molecule has 0 spiro atoms. The second kappa shape index (κ2) is 2.72. The number of rotatable bonds is 1. The van der Waals surface area contributed by atoms with Crippen molar-refractivity contribution in [3.63, 3.8) is 0 Å². The number of fused-ring (bicyclic) bond motifs is 1. The molecule has 2 aromatic rings. The zero-order valence-corrected chi connectivity index (χ0v) is 8.46. The minimum absolute atomic E-state index is 0.0758. The Morgan fingerprint density at radius 3 is 3.27 bits per heavy atom. The zero-order chi connectivity index (χ0) is 7.84. The van der Waals surface area contributed by atoms with Crippen LogP contribution in [-0.4, -0.2) is 14.5 Å². The van der Waals surface area contributed by atoms with Crippen LogP contribution in [0.3, 0.4) is 0 Å². The van der Waals surface area contributed by atoms with Gasteiger partial charge < -0.3 is 5.11 Å². The van der Waals surface area contributed by atoms with Crippen molar-refractivity contribution in [2.24, 2.45) is 0 Å². The van der Waals surface area contributed by atoms with Crippen LogP contribution in [0.4, 0.5) is 0 Å². The largest absolute Gasteiger partial charge is 0.390 e. The van der Waals surface area contributed by atoms with Gasteiger partial charge in [0.05, 0.1) is 12.3 Å². The van der Waals surface area contributed by atoms with Crippen molar-refractivity contribution < 1.29 is 5.11 Å². The van der Waals surface area contributed by atoms with Gasteiger partial charge in [-0.15, -0.1) is 11.3 Å². The molecule has 3 nitrogen and oxygen atoms in total. The lowest BCUT2D eigenvalue weighted by Crippen LogP contribution is -1.87. The molecule has 0 saturated carbocycles. The summed E-state index contributed by atoms with van der Waals surface area (Å²) in [6, 6.07) is 0.